The SMILES string of the molecule is CCCNC(C)(C#N)CN(C)C1CC1. The first kappa shape index (κ1) is 11.5. The third-order valence-corrected chi connectivity index (χ3v) is 2.75. The van der Waals surface area contributed by atoms with E-state index in [4.69, 9.17) is 5.26 Å². The molecule has 0 spiro atoms. The van der Waals surface area contributed by atoms with E-state index in [9.17, 15) is 0 Å². The maximum atomic E-state index is 9.12. The fourth-order valence-corrected chi connectivity index (χ4v) is 1.67. The fraction of sp³-hybridized carbons (Fsp3) is 0.909. The van der Waals surface area contributed by atoms with Crippen LogP contribution in [0.2, 0.25) is 0 Å². The first-order valence-electron chi connectivity index (χ1n) is 5.48. The molecule has 1 saturated carbocycles. The Morgan fingerprint density at radius 1 is 1.57 bits per heavy atom. The molecular weight excluding hydrogens is 174 g/mol. The zero-order valence-electron chi connectivity index (χ0n) is 9.51. The average molecular weight is 195 g/mol. The molecule has 14 heavy (non-hydrogen) atoms. The number of likely N-dealkylation sites (N-methyl/N-ethyl adjacent to an activating group) is 1. The Balaban J connectivity index is 2.38. The summed E-state index contributed by atoms with van der Waals surface area (Å²) in [4.78, 5) is 2.30. The summed E-state index contributed by atoms with van der Waals surface area (Å²) in [5.74, 6) is 0. The van der Waals surface area contributed by atoms with E-state index < -0.39 is 0 Å². The van der Waals surface area contributed by atoms with Gasteiger partial charge >= 0.3 is 0 Å². The third-order valence-electron chi connectivity index (χ3n) is 2.75. The minimum absolute atomic E-state index is 0.382. The Bertz CT molecular complexity index is 217. The molecule has 0 saturated heterocycles. The molecule has 0 aromatic heterocycles. The Labute approximate surface area is 87.1 Å². The standard InChI is InChI=1S/C11H21N3/c1-4-7-13-11(2,8-12)9-14(3)10-5-6-10/h10,13H,4-7,9H2,1-3H3. The van der Waals surface area contributed by atoms with Crippen LogP contribution >= 0.6 is 0 Å². The van der Waals surface area contributed by atoms with Gasteiger partial charge in [0.05, 0.1) is 6.07 Å². The van der Waals surface area contributed by atoms with Gasteiger partial charge in [-0.05, 0) is 39.8 Å². The van der Waals surface area contributed by atoms with Crippen LogP contribution in [-0.4, -0.2) is 36.6 Å². The molecule has 0 aliphatic heterocycles. The van der Waals surface area contributed by atoms with E-state index in [2.05, 4.69) is 30.3 Å². The topological polar surface area (TPSA) is 39.1 Å². The van der Waals surface area contributed by atoms with Crippen LogP contribution in [0, 0.1) is 11.3 Å². The van der Waals surface area contributed by atoms with Crippen molar-refractivity contribution >= 4 is 0 Å². The van der Waals surface area contributed by atoms with Crippen LogP contribution in [-0.2, 0) is 0 Å². The predicted molar refractivity (Wildman–Crippen MR) is 58.0 cm³/mol. The summed E-state index contributed by atoms with van der Waals surface area (Å²) in [5, 5.41) is 12.4. The number of hydrogen-bond donors (Lipinski definition) is 1. The van der Waals surface area contributed by atoms with Gasteiger partial charge in [0.25, 0.3) is 0 Å². The number of hydrogen-bond acceptors (Lipinski definition) is 3. The maximum absolute atomic E-state index is 9.12. The van der Waals surface area contributed by atoms with Crippen molar-refractivity contribution in [1.29, 1.82) is 5.26 Å². The molecule has 0 aromatic rings. The Hall–Kier alpha value is -0.590. The molecule has 80 valence electrons. The first-order chi connectivity index (χ1) is 6.61. The molecule has 1 aliphatic carbocycles. The largest absolute Gasteiger partial charge is 0.301 e. The van der Waals surface area contributed by atoms with E-state index in [1.165, 1.54) is 12.8 Å². The second kappa shape index (κ2) is 4.77. The van der Waals surface area contributed by atoms with Crippen molar-refractivity contribution in [3.63, 3.8) is 0 Å². The lowest BCUT2D eigenvalue weighted by Gasteiger charge is -2.28. The van der Waals surface area contributed by atoms with Crippen molar-refractivity contribution in [2.24, 2.45) is 0 Å². The molecule has 1 atom stereocenters. The Kier molecular flexibility index (Phi) is 3.91. The molecule has 0 radical (unpaired) electrons. The van der Waals surface area contributed by atoms with Gasteiger partial charge in [0.15, 0.2) is 0 Å². The van der Waals surface area contributed by atoms with Crippen LogP contribution in [0.15, 0.2) is 0 Å². The van der Waals surface area contributed by atoms with Crippen molar-refractivity contribution in [2.45, 2.75) is 44.7 Å². The predicted octanol–water partition coefficient (Wildman–Crippen LogP) is 1.36. The molecular formula is C11H21N3. The average Bonchev–Trinajstić information content (AvgIpc) is 2.98. The summed E-state index contributed by atoms with van der Waals surface area (Å²) in [6.07, 6.45) is 3.67. The van der Waals surface area contributed by atoms with E-state index in [1.807, 2.05) is 6.92 Å². The van der Waals surface area contributed by atoms with Crippen LogP contribution in [0.1, 0.15) is 33.1 Å². The van der Waals surface area contributed by atoms with Gasteiger partial charge in [-0.1, -0.05) is 6.92 Å². The van der Waals surface area contributed by atoms with Gasteiger partial charge in [-0.25, -0.2) is 0 Å². The molecule has 0 bridgehead atoms. The lowest BCUT2D eigenvalue weighted by molar-refractivity contribution is 0.252. The quantitative estimate of drug-likeness (QED) is 0.695. The molecule has 0 heterocycles. The van der Waals surface area contributed by atoms with Crippen molar-refractivity contribution < 1.29 is 0 Å². The molecule has 1 N–H and O–H groups in total. The molecule has 1 unspecified atom stereocenters. The zero-order valence-corrected chi connectivity index (χ0v) is 9.51. The van der Waals surface area contributed by atoms with Crippen LogP contribution < -0.4 is 5.32 Å². The molecule has 3 heteroatoms. The summed E-state index contributed by atoms with van der Waals surface area (Å²) in [6, 6.07) is 3.10. The van der Waals surface area contributed by atoms with Crippen LogP contribution in [0.5, 0.6) is 0 Å². The summed E-state index contributed by atoms with van der Waals surface area (Å²) in [7, 11) is 2.11. The van der Waals surface area contributed by atoms with Crippen LogP contribution in [0.4, 0.5) is 0 Å². The van der Waals surface area contributed by atoms with Gasteiger partial charge < -0.3 is 4.90 Å². The summed E-state index contributed by atoms with van der Waals surface area (Å²) in [5.41, 5.74) is -0.382. The van der Waals surface area contributed by atoms with Crippen molar-refractivity contribution in [3.05, 3.63) is 0 Å². The summed E-state index contributed by atoms with van der Waals surface area (Å²) >= 11 is 0. The third kappa shape index (κ3) is 3.28. The summed E-state index contributed by atoms with van der Waals surface area (Å²) in [6.45, 7) is 5.85. The van der Waals surface area contributed by atoms with Crippen molar-refractivity contribution in [1.82, 2.24) is 10.2 Å². The van der Waals surface area contributed by atoms with Crippen LogP contribution in [0.3, 0.4) is 0 Å². The van der Waals surface area contributed by atoms with Gasteiger partial charge in [-0.2, -0.15) is 5.26 Å². The Morgan fingerprint density at radius 3 is 2.64 bits per heavy atom. The number of nitrogens with one attached hydrogen (secondary N) is 1. The van der Waals surface area contributed by atoms with Gasteiger partial charge in [-0.3, -0.25) is 5.32 Å². The smallest absolute Gasteiger partial charge is 0.116 e. The fourth-order valence-electron chi connectivity index (χ4n) is 1.67. The van der Waals surface area contributed by atoms with Gasteiger partial charge in [-0.15, -0.1) is 0 Å². The zero-order chi connectivity index (χ0) is 10.6. The highest BCUT2D eigenvalue weighted by Gasteiger charge is 2.32. The van der Waals surface area contributed by atoms with Crippen molar-refractivity contribution in [3.8, 4) is 6.07 Å². The monoisotopic (exact) mass is 195 g/mol. The molecule has 1 aliphatic rings. The van der Waals surface area contributed by atoms with E-state index >= 15 is 0 Å². The van der Waals surface area contributed by atoms with E-state index in [0.717, 1.165) is 25.6 Å². The molecule has 1 fully saturated rings. The highest BCUT2D eigenvalue weighted by molar-refractivity contribution is 5.06. The molecule has 0 amide bonds. The highest BCUT2D eigenvalue weighted by Crippen LogP contribution is 2.26. The van der Waals surface area contributed by atoms with Gasteiger partial charge in [0.1, 0.15) is 5.54 Å². The Morgan fingerprint density at radius 2 is 2.21 bits per heavy atom. The normalized spacial score (nSPS) is 20.5. The highest BCUT2D eigenvalue weighted by atomic mass is 15.2. The maximum Gasteiger partial charge on any atom is 0.116 e. The second-order valence-electron chi connectivity index (χ2n) is 4.52. The van der Waals surface area contributed by atoms with Crippen molar-refractivity contribution in [2.75, 3.05) is 20.1 Å². The number of rotatable bonds is 6. The first-order valence-corrected chi connectivity index (χ1v) is 5.48. The minimum atomic E-state index is -0.382. The van der Waals surface area contributed by atoms with Crippen LogP contribution in [0.25, 0.3) is 0 Å². The number of nitrogens with zero attached hydrogens (tertiary/aromatic N) is 2. The molecule has 0 aromatic carbocycles. The second-order valence-corrected chi connectivity index (χ2v) is 4.52. The number of nitriles is 1. The summed E-state index contributed by atoms with van der Waals surface area (Å²) < 4.78 is 0. The lowest BCUT2D eigenvalue weighted by Crippen LogP contribution is -2.50. The van der Waals surface area contributed by atoms with Gasteiger partial charge in [0.2, 0.25) is 0 Å². The van der Waals surface area contributed by atoms with E-state index in [0.29, 0.717) is 0 Å². The molecule has 1 rings (SSSR count). The van der Waals surface area contributed by atoms with E-state index in [1.54, 1.807) is 0 Å². The minimum Gasteiger partial charge on any atom is -0.301 e. The molecule has 3 nitrogen and oxygen atoms in total. The van der Waals surface area contributed by atoms with Gasteiger partial charge in [0, 0.05) is 12.6 Å². The lowest BCUT2D eigenvalue weighted by atomic mass is 10.0. The van der Waals surface area contributed by atoms with E-state index in [-0.39, 0.29) is 5.54 Å².